The van der Waals surface area contributed by atoms with Gasteiger partial charge in [-0.3, -0.25) is 0 Å². The SMILES string of the molecule is CCN(CC)C[C@@H](O)Cn1c2ccc(Br)cc2c2cc(Br)cc(Br)c21. The van der Waals surface area contributed by atoms with Crippen molar-refractivity contribution in [2.45, 2.75) is 26.5 Å². The highest BCUT2D eigenvalue weighted by molar-refractivity contribution is 9.11. The van der Waals surface area contributed by atoms with Crippen molar-refractivity contribution in [2.75, 3.05) is 19.6 Å². The molecule has 25 heavy (non-hydrogen) atoms. The highest BCUT2D eigenvalue weighted by atomic mass is 79.9. The van der Waals surface area contributed by atoms with Crippen molar-refractivity contribution < 1.29 is 5.11 Å². The van der Waals surface area contributed by atoms with E-state index in [0.717, 1.165) is 37.5 Å². The molecule has 3 nitrogen and oxygen atoms in total. The third-order valence-electron chi connectivity index (χ3n) is 4.59. The van der Waals surface area contributed by atoms with Gasteiger partial charge in [0.15, 0.2) is 0 Å². The number of halogens is 3. The lowest BCUT2D eigenvalue weighted by Gasteiger charge is -2.23. The van der Waals surface area contributed by atoms with E-state index in [1.54, 1.807) is 0 Å². The Bertz CT molecular complexity index is 903. The molecule has 134 valence electrons. The summed E-state index contributed by atoms with van der Waals surface area (Å²) in [5, 5.41) is 13.0. The highest BCUT2D eigenvalue weighted by Gasteiger charge is 2.18. The van der Waals surface area contributed by atoms with Gasteiger partial charge in [0.05, 0.1) is 18.2 Å². The van der Waals surface area contributed by atoms with Crippen molar-refractivity contribution in [3.05, 3.63) is 43.7 Å². The standard InChI is InChI=1S/C19H21Br3N2O/c1-3-23(4-2)10-14(25)11-24-18-6-5-12(20)7-15(18)16-8-13(21)9-17(22)19(16)24/h5-9,14,25H,3-4,10-11H2,1-2H3/t14-/m1/s1. The van der Waals surface area contributed by atoms with Gasteiger partial charge in [-0.2, -0.15) is 0 Å². The van der Waals surface area contributed by atoms with Gasteiger partial charge >= 0.3 is 0 Å². The Morgan fingerprint density at radius 3 is 2.36 bits per heavy atom. The number of rotatable bonds is 6. The molecule has 1 atom stereocenters. The molecule has 1 aromatic heterocycles. The maximum Gasteiger partial charge on any atom is 0.0845 e. The first-order valence-electron chi connectivity index (χ1n) is 8.41. The second-order valence-electron chi connectivity index (χ2n) is 6.20. The molecule has 0 spiro atoms. The average molecular weight is 533 g/mol. The molecule has 0 amide bonds. The molecule has 1 heterocycles. The van der Waals surface area contributed by atoms with Crippen LogP contribution in [0.3, 0.4) is 0 Å². The zero-order chi connectivity index (χ0) is 18.1. The van der Waals surface area contributed by atoms with Crippen molar-refractivity contribution in [1.82, 2.24) is 9.47 Å². The maximum atomic E-state index is 10.7. The average Bonchev–Trinajstić information content (AvgIpc) is 2.86. The van der Waals surface area contributed by atoms with Crippen LogP contribution in [0.15, 0.2) is 43.7 Å². The number of benzene rings is 2. The van der Waals surface area contributed by atoms with Crippen LogP contribution < -0.4 is 0 Å². The molecule has 0 unspecified atom stereocenters. The molecule has 0 saturated heterocycles. The van der Waals surface area contributed by atoms with Crippen molar-refractivity contribution in [3.63, 3.8) is 0 Å². The summed E-state index contributed by atoms with van der Waals surface area (Å²) >= 11 is 10.9. The molecule has 3 aromatic rings. The lowest BCUT2D eigenvalue weighted by molar-refractivity contribution is 0.105. The molecule has 6 heteroatoms. The number of likely N-dealkylation sites (N-methyl/N-ethyl adjacent to an activating group) is 1. The van der Waals surface area contributed by atoms with Gasteiger partial charge < -0.3 is 14.6 Å². The van der Waals surface area contributed by atoms with Crippen LogP contribution in [-0.4, -0.2) is 40.3 Å². The van der Waals surface area contributed by atoms with Gasteiger partial charge in [0.25, 0.3) is 0 Å². The van der Waals surface area contributed by atoms with E-state index < -0.39 is 6.10 Å². The predicted molar refractivity (Wildman–Crippen MR) is 116 cm³/mol. The van der Waals surface area contributed by atoms with Crippen LogP contribution in [0.4, 0.5) is 0 Å². The molecule has 0 aliphatic rings. The zero-order valence-corrected chi connectivity index (χ0v) is 19.0. The number of fused-ring (bicyclic) bond motifs is 3. The van der Waals surface area contributed by atoms with Crippen LogP contribution in [0.1, 0.15) is 13.8 Å². The van der Waals surface area contributed by atoms with Crippen LogP contribution in [0.5, 0.6) is 0 Å². The Kier molecular flexibility index (Phi) is 6.27. The first-order valence-corrected chi connectivity index (χ1v) is 10.8. The molecular weight excluding hydrogens is 512 g/mol. The van der Waals surface area contributed by atoms with Gasteiger partial charge in [-0.1, -0.05) is 45.7 Å². The van der Waals surface area contributed by atoms with Crippen LogP contribution >= 0.6 is 47.8 Å². The molecule has 2 aromatic carbocycles. The second-order valence-corrected chi connectivity index (χ2v) is 8.88. The fourth-order valence-corrected chi connectivity index (χ4v) is 5.16. The van der Waals surface area contributed by atoms with Crippen molar-refractivity contribution in [1.29, 1.82) is 0 Å². The summed E-state index contributed by atoms with van der Waals surface area (Å²) < 4.78 is 5.34. The van der Waals surface area contributed by atoms with E-state index in [2.05, 4.69) is 101 Å². The number of nitrogens with zero attached hydrogens (tertiary/aromatic N) is 2. The van der Waals surface area contributed by atoms with E-state index in [1.807, 2.05) is 0 Å². The summed E-state index contributed by atoms with van der Waals surface area (Å²) in [6.45, 7) is 7.40. The Hall–Kier alpha value is -0.400. The Morgan fingerprint density at radius 2 is 1.68 bits per heavy atom. The van der Waals surface area contributed by atoms with Crippen molar-refractivity contribution in [2.24, 2.45) is 0 Å². The quantitative estimate of drug-likeness (QED) is 0.435. The molecule has 0 aliphatic heterocycles. The number of hydrogen-bond acceptors (Lipinski definition) is 2. The predicted octanol–water partition coefficient (Wildman–Crippen LogP) is 5.78. The normalized spacial score (nSPS) is 13.2. The minimum atomic E-state index is -0.419. The molecular formula is C19H21Br3N2O. The van der Waals surface area contributed by atoms with Crippen LogP contribution in [-0.2, 0) is 6.54 Å². The Labute approximate surface area is 173 Å². The maximum absolute atomic E-state index is 10.7. The molecule has 0 saturated carbocycles. The van der Waals surface area contributed by atoms with Gasteiger partial charge in [-0.15, -0.1) is 0 Å². The number of hydrogen-bond donors (Lipinski definition) is 1. The Morgan fingerprint density at radius 1 is 1.00 bits per heavy atom. The van der Waals surface area contributed by atoms with E-state index in [4.69, 9.17) is 0 Å². The molecule has 3 rings (SSSR count). The van der Waals surface area contributed by atoms with E-state index in [0.29, 0.717) is 13.1 Å². The second kappa shape index (κ2) is 8.09. The van der Waals surface area contributed by atoms with Crippen molar-refractivity contribution in [3.8, 4) is 0 Å². The summed E-state index contributed by atoms with van der Waals surface area (Å²) in [6.07, 6.45) is -0.419. The first kappa shape index (κ1) is 19.4. The summed E-state index contributed by atoms with van der Waals surface area (Å²) in [6, 6.07) is 10.5. The lowest BCUT2D eigenvalue weighted by Crippen LogP contribution is -2.34. The minimum Gasteiger partial charge on any atom is -0.390 e. The van der Waals surface area contributed by atoms with Crippen LogP contribution in [0, 0.1) is 0 Å². The highest BCUT2D eigenvalue weighted by Crippen LogP contribution is 2.37. The number of aliphatic hydroxyl groups is 1. The summed E-state index contributed by atoms with van der Waals surface area (Å²) in [5.74, 6) is 0. The van der Waals surface area contributed by atoms with E-state index in [-0.39, 0.29) is 0 Å². The monoisotopic (exact) mass is 530 g/mol. The molecule has 0 bridgehead atoms. The molecule has 0 radical (unpaired) electrons. The van der Waals surface area contributed by atoms with Gasteiger partial charge in [0, 0.05) is 36.3 Å². The summed E-state index contributed by atoms with van der Waals surface area (Å²) in [7, 11) is 0. The van der Waals surface area contributed by atoms with E-state index in [9.17, 15) is 5.11 Å². The number of aromatic nitrogens is 1. The summed E-state index contributed by atoms with van der Waals surface area (Å²) in [4.78, 5) is 2.25. The lowest BCUT2D eigenvalue weighted by atomic mass is 10.2. The minimum absolute atomic E-state index is 0.419. The Balaban J connectivity index is 2.12. The van der Waals surface area contributed by atoms with Crippen molar-refractivity contribution >= 4 is 69.6 Å². The third kappa shape index (κ3) is 3.98. The molecule has 0 aliphatic carbocycles. The van der Waals surface area contributed by atoms with Crippen LogP contribution in [0.2, 0.25) is 0 Å². The topological polar surface area (TPSA) is 28.4 Å². The fraction of sp³-hybridized carbons (Fsp3) is 0.368. The fourth-order valence-electron chi connectivity index (χ4n) is 3.36. The first-order chi connectivity index (χ1) is 11.9. The largest absolute Gasteiger partial charge is 0.390 e. The molecule has 1 N–H and O–H groups in total. The van der Waals surface area contributed by atoms with Crippen LogP contribution in [0.25, 0.3) is 21.8 Å². The van der Waals surface area contributed by atoms with Gasteiger partial charge in [0.2, 0.25) is 0 Å². The van der Waals surface area contributed by atoms with Gasteiger partial charge in [-0.25, -0.2) is 0 Å². The van der Waals surface area contributed by atoms with E-state index >= 15 is 0 Å². The van der Waals surface area contributed by atoms with Gasteiger partial charge in [-0.05, 0) is 59.4 Å². The smallest absolute Gasteiger partial charge is 0.0845 e. The third-order valence-corrected chi connectivity index (χ3v) is 6.15. The molecule has 0 fully saturated rings. The zero-order valence-electron chi connectivity index (χ0n) is 14.3. The number of aliphatic hydroxyl groups excluding tert-OH is 1. The van der Waals surface area contributed by atoms with E-state index in [1.165, 1.54) is 10.8 Å². The summed E-state index contributed by atoms with van der Waals surface area (Å²) in [5.41, 5.74) is 2.26. The van der Waals surface area contributed by atoms with Gasteiger partial charge in [0.1, 0.15) is 0 Å².